The third-order valence-corrected chi connectivity index (χ3v) is 1.15. The highest BCUT2D eigenvalue weighted by Gasteiger charge is 2.03. The summed E-state index contributed by atoms with van der Waals surface area (Å²) in [5, 5.41) is 0. The molecule has 0 fully saturated rings. The Kier molecular flexibility index (Phi) is 1.87. The van der Waals surface area contributed by atoms with Crippen molar-refractivity contribution in [3.05, 3.63) is 12.4 Å². The molecule has 0 unspecified atom stereocenters. The van der Waals surface area contributed by atoms with Gasteiger partial charge in [0.15, 0.2) is 0 Å². The van der Waals surface area contributed by atoms with E-state index in [0.717, 1.165) is 6.67 Å². The first-order chi connectivity index (χ1) is 4.83. The first-order valence-corrected chi connectivity index (χ1v) is 2.94. The molecular formula is C8H8N2. The maximum absolute atomic E-state index is 4.95. The zero-order valence-corrected chi connectivity index (χ0v) is 5.83. The van der Waals surface area contributed by atoms with E-state index >= 15 is 0 Å². The fourth-order valence-corrected chi connectivity index (χ4v) is 0.706. The van der Waals surface area contributed by atoms with E-state index < -0.39 is 0 Å². The summed E-state index contributed by atoms with van der Waals surface area (Å²) in [5.41, 5.74) is 0. The lowest BCUT2D eigenvalue weighted by molar-refractivity contribution is 0.376. The summed E-state index contributed by atoms with van der Waals surface area (Å²) in [5.74, 6) is 4.79. The van der Waals surface area contributed by atoms with Crippen molar-refractivity contribution < 1.29 is 0 Å². The second kappa shape index (κ2) is 2.85. The van der Waals surface area contributed by atoms with Crippen molar-refractivity contribution in [3.63, 3.8) is 0 Å². The Balaban J connectivity index is 2.49. The van der Waals surface area contributed by atoms with E-state index in [2.05, 4.69) is 17.9 Å². The van der Waals surface area contributed by atoms with Crippen molar-refractivity contribution in [1.82, 2.24) is 9.80 Å². The molecular weight excluding hydrogens is 124 g/mol. The lowest BCUT2D eigenvalue weighted by Gasteiger charge is -2.09. The zero-order chi connectivity index (χ0) is 7.40. The van der Waals surface area contributed by atoms with Crippen molar-refractivity contribution in [2.45, 2.75) is 0 Å². The summed E-state index contributed by atoms with van der Waals surface area (Å²) >= 11 is 0. The van der Waals surface area contributed by atoms with Gasteiger partial charge in [-0.1, -0.05) is 0 Å². The van der Waals surface area contributed by atoms with Crippen molar-refractivity contribution in [2.75, 3.05) is 13.7 Å². The van der Waals surface area contributed by atoms with Crippen LogP contribution in [0.5, 0.6) is 0 Å². The lowest BCUT2D eigenvalue weighted by atomic mass is 10.7. The summed E-state index contributed by atoms with van der Waals surface area (Å²) in [7, 11) is 1.98. The minimum absolute atomic E-state index is 0.800. The van der Waals surface area contributed by atoms with Gasteiger partial charge in [0.25, 0.3) is 0 Å². The summed E-state index contributed by atoms with van der Waals surface area (Å²) in [6, 6.07) is 2.78. The van der Waals surface area contributed by atoms with Gasteiger partial charge in [0, 0.05) is 31.4 Å². The summed E-state index contributed by atoms with van der Waals surface area (Å²) < 4.78 is 0. The molecule has 0 aromatic carbocycles. The van der Waals surface area contributed by atoms with E-state index in [1.807, 2.05) is 29.2 Å². The van der Waals surface area contributed by atoms with Crippen LogP contribution in [0.2, 0.25) is 0 Å². The topological polar surface area (TPSA) is 6.48 Å². The molecule has 2 nitrogen and oxygen atoms in total. The molecule has 1 aliphatic rings. The molecule has 2 heteroatoms. The Morgan fingerprint density at radius 3 is 2.80 bits per heavy atom. The van der Waals surface area contributed by atoms with E-state index in [0.29, 0.717) is 0 Å². The molecule has 10 heavy (non-hydrogen) atoms. The molecule has 0 saturated heterocycles. The normalized spacial score (nSPS) is 14.4. The second-order valence-corrected chi connectivity index (χ2v) is 2.05. The van der Waals surface area contributed by atoms with E-state index in [4.69, 9.17) is 6.42 Å². The molecule has 1 aliphatic heterocycles. The summed E-state index contributed by atoms with van der Waals surface area (Å²) in [4.78, 5) is 3.85. The minimum atomic E-state index is 0.800. The van der Waals surface area contributed by atoms with Crippen LogP contribution in [0.4, 0.5) is 0 Å². The molecule has 0 bridgehead atoms. The average molecular weight is 132 g/mol. The van der Waals surface area contributed by atoms with Gasteiger partial charge in [0.1, 0.15) is 6.67 Å². The van der Waals surface area contributed by atoms with Crippen LogP contribution in [-0.4, -0.2) is 23.5 Å². The predicted octanol–water partition coefficient (Wildman–Crippen LogP) is 0.257. The van der Waals surface area contributed by atoms with E-state index in [1.165, 1.54) is 0 Å². The third-order valence-electron chi connectivity index (χ3n) is 1.15. The van der Waals surface area contributed by atoms with Gasteiger partial charge >= 0.3 is 0 Å². The van der Waals surface area contributed by atoms with Crippen molar-refractivity contribution in [3.8, 4) is 24.3 Å². The average Bonchev–Trinajstić information content (AvgIpc) is 2.31. The van der Waals surface area contributed by atoms with Crippen LogP contribution >= 0.6 is 0 Å². The SMILES string of the molecule is C#CC#CN1C=CN(C)C1. The van der Waals surface area contributed by atoms with E-state index in [9.17, 15) is 0 Å². The fourth-order valence-electron chi connectivity index (χ4n) is 0.706. The van der Waals surface area contributed by atoms with Crippen LogP contribution < -0.4 is 0 Å². The first-order valence-electron chi connectivity index (χ1n) is 2.94. The van der Waals surface area contributed by atoms with Crippen LogP contribution in [0.1, 0.15) is 0 Å². The smallest absolute Gasteiger partial charge is 0.102 e. The Labute approximate surface area is 61.1 Å². The maximum Gasteiger partial charge on any atom is 0.102 e. The van der Waals surface area contributed by atoms with Gasteiger partial charge in [0.05, 0.1) is 0 Å². The predicted molar refractivity (Wildman–Crippen MR) is 40.2 cm³/mol. The van der Waals surface area contributed by atoms with Crippen LogP contribution in [0.25, 0.3) is 0 Å². The van der Waals surface area contributed by atoms with Gasteiger partial charge < -0.3 is 4.90 Å². The molecule has 0 spiro atoms. The second-order valence-electron chi connectivity index (χ2n) is 2.05. The molecule has 50 valence electrons. The molecule has 0 atom stereocenters. The third kappa shape index (κ3) is 1.47. The van der Waals surface area contributed by atoms with Gasteiger partial charge in [0.2, 0.25) is 0 Å². The molecule has 1 heterocycles. The molecule has 0 aromatic rings. The maximum atomic E-state index is 4.95. The van der Waals surface area contributed by atoms with Crippen LogP contribution in [-0.2, 0) is 0 Å². The Morgan fingerprint density at radius 2 is 2.30 bits per heavy atom. The molecule has 1 rings (SSSR count). The van der Waals surface area contributed by atoms with Gasteiger partial charge in [-0.05, 0) is 5.92 Å². The number of nitrogens with zero attached hydrogens (tertiary/aromatic N) is 2. The monoisotopic (exact) mass is 132 g/mol. The number of hydrogen-bond acceptors (Lipinski definition) is 2. The number of terminal acetylenes is 1. The van der Waals surface area contributed by atoms with Crippen molar-refractivity contribution in [1.29, 1.82) is 0 Å². The Bertz CT molecular complexity index is 236. The van der Waals surface area contributed by atoms with Crippen molar-refractivity contribution in [2.24, 2.45) is 0 Å². The van der Waals surface area contributed by atoms with Crippen LogP contribution in [0.3, 0.4) is 0 Å². The molecule has 0 aromatic heterocycles. The highest BCUT2D eigenvalue weighted by Crippen LogP contribution is 2.00. The molecule has 0 radical (unpaired) electrons. The van der Waals surface area contributed by atoms with Gasteiger partial charge in [-0.15, -0.1) is 6.42 Å². The zero-order valence-electron chi connectivity index (χ0n) is 5.83. The molecule has 0 aliphatic carbocycles. The first kappa shape index (κ1) is 6.58. The fraction of sp³-hybridized carbons (Fsp3) is 0.250. The highest BCUT2D eigenvalue weighted by molar-refractivity contribution is 5.22. The van der Waals surface area contributed by atoms with Gasteiger partial charge in [-0.2, -0.15) is 0 Å². The minimum Gasteiger partial charge on any atom is -0.361 e. The van der Waals surface area contributed by atoms with E-state index in [-0.39, 0.29) is 0 Å². The van der Waals surface area contributed by atoms with Gasteiger partial charge in [-0.3, -0.25) is 4.90 Å². The van der Waals surface area contributed by atoms with E-state index in [1.54, 1.807) is 0 Å². The molecule has 0 saturated carbocycles. The lowest BCUT2D eigenvalue weighted by Crippen LogP contribution is -2.17. The summed E-state index contributed by atoms with van der Waals surface area (Å²) in [6.45, 7) is 0.800. The van der Waals surface area contributed by atoms with Crippen molar-refractivity contribution >= 4 is 0 Å². The van der Waals surface area contributed by atoms with Gasteiger partial charge in [-0.25, -0.2) is 0 Å². The largest absolute Gasteiger partial charge is 0.361 e. The number of hydrogen-bond donors (Lipinski definition) is 0. The molecule has 0 amide bonds. The quantitative estimate of drug-likeness (QED) is 0.436. The Morgan fingerprint density at radius 1 is 1.50 bits per heavy atom. The highest BCUT2D eigenvalue weighted by atomic mass is 15.3. The standard InChI is InChI=1S/C8H8N2/c1-3-4-5-10-7-6-9(2)8-10/h1,6-7H,8H2,2H3. The summed E-state index contributed by atoms with van der Waals surface area (Å²) in [6.07, 6.45) is 8.80. The van der Waals surface area contributed by atoms with Crippen LogP contribution in [0.15, 0.2) is 12.4 Å². The Hall–Kier alpha value is -1.54. The molecule has 0 N–H and O–H groups in total. The van der Waals surface area contributed by atoms with Crippen LogP contribution in [0, 0.1) is 24.3 Å². The number of rotatable bonds is 0.